The van der Waals surface area contributed by atoms with Gasteiger partial charge < -0.3 is 23.5 Å². The van der Waals surface area contributed by atoms with E-state index in [1.807, 2.05) is 105 Å². The van der Waals surface area contributed by atoms with Gasteiger partial charge in [-0.05, 0) is 92.4 Å². The molecule has 0 radical (unpaired) electrons. The number of hydrogen-bond acceptors (Lipinski definition) is 9. The Bertz CT molecular complexity index is 2900. The van der Waals surface area contributed by atoms with Crippen LogP contribution in [0, 0.1) is 11.8 Å². The van der Waals surface area contributed by atoms with Crippen LogP contribution in [0.2, 0.25) is 0 Å². The summed E-state index contributed by atoms with van der Waals surface area (Å²) in [4.78, 5) is 30.6. The van der Waals surface area contributed by atoms with Gasteiger partial charge in [-0.25, -0.2) is 0 Å². The van der Waals surface area contributed by atoms with E-state index in [9.17, 15) is 31.3 Å². The fourth-order valence-corrected chi connectivity index (χ4v) is 10.0. The molecule has 3 aliphatic rings. The van der Waals surface area contributed by atoms with Crippen molar-refractivity contribution in [1.82, 2.24) is 5.32 Å². The van der Waals surface area contributed by atoms with E-state index in [0.717, 1.165) is 69.1 Å². The number of fused-ring (bicyclic) bond motifs is 4. The van der Waals surface area contributed by atoms with Crippen LogP contribution in [0.25, 0.3) is 0 Å². The summed E-state index contributed by atoms with van der Waals surface area (Å²) < 4.78 is 79.3. The summed E-state index contributed by atoms with van der Waals surface area (Å²) in [6.45, 7) is 10.0. The Kier molecular flexibility index (Phi) is 17.2. The highest BCUT2D eigenvalue weighted by molar-refractivity contribution is 7.74. The van der Waals surface area contributed by atoms with E-state index in [-0.39, 0.29) is 42.9 Å². The summed E-state index contributed by atoms with van der Waals surface area (Å²) in [5, 5.41) is 2.94. The number of hydrogen-bond donors (Lipinski definition) is 4. The first-order chi connectivity index (χ1) is 33.5. The number of nitrogens with zero attached hydrogens (tertiary/aromatic N) is 3. The third-order valence-corrected chi connectivity index (χ3v) is 13.7. The summed E-state index contributed by atoms with van der Waals surface area (Å²) >= 11 is -7.37. The van der Waals surface area contributed by atoms with E-state index in [1.165, 1.54) is 0 Å². The lowest BCUT2D eigenvalue weighted by molar-refractivity contribution is -0.438. The van der Waals surface area contributed by atoms with Gasteiger partial charge in [-0.15, -0.1) is 0 Å². The van der Waals surface area contributed by atoms with Gasteiger partial charge in [-0.3, -0.25) is 27.4 Å². The molecular formula is C52H57N4O11S3+. The van der Waals surface area contributed by atoms with E-state index in [0.29, 0.717) is 38.9 Å². The summed E-state index contributed by atoms with van der Waals surface area (Å²) in [6, 6.07) is 25.9. The number of carbonyl (C=O) groups is 2. The van der Waals surface area contributed by atoms with Gasteiger partial charge in [0, 0.05) is 78.0 Å². The molecule has 0 bridgehead atoms. The van der Waals surface area contributed by atoms with Crippen LogP contribution in [0.1, 0.15) is 94.0 Å². The molecule has 4 aromatic carbocycles. The largest absolute Gasteiger partial charge is 0.380 e. The average molecular weight is 1010 g/mol. The molecule has 3 atom stereocenters. The van der Waals surface area contributed by atoms with Crippen molar-refractivity contribution in [1.29, 1.82) is 0 Å². The Labute approximate surface area is 416 Å². The van der Waals surface area contributed by atoms with Gasteiger partial charge in [0.05, 0.1) is 24.3 Å². The van der Waals surface area contributed by atoms with Gasteiger partial charge in [-0.1, -0.05) is 80.7 Å². The lowest BCUT2D eigenvalue weighted by Crippen LogP contribution is -2.35. The molecule has 0 saturated heterocycles. The van der Waals surface area contributed by atoms with Crippen molar-refractivity contribution in [3.8, 4) is 23.3 Å². The predicted molar refractivity (Wildman–Crippen MR) is 273 cm³/mol. The summed E-state index contributed by atoms with van der Waals surface area (Å²) in [5.74, 6) is 6.75. The Morgan fingerprint density at radius 3 is 2.17 bits per heavy atom. The topological polar surface area (TPSA) is 195 Å². The Balaban J connectivity index is 0.993. The maximum absolute atomic E-state index is 13.6. The van der Waals surface area contributed by atoms with Crippen LogP contribution < -0.4 is 23.5 Å². The molecule has 0 spiro atoms. The molecule has 3 unspecified atom stereocenters. The fourth-order valence-electron chi connectivity index (χ4n) is 9.24. The average Bonchev–Trinajstić information content (AvgIpc) is 3.64. The van der Waals surface area contributed by atoms with E-state index in [2.05, 4.69) is 40.5 Å². The van der Waals surface area contributed by atoms with E-state index in [4.69, 9.17) is 17.1 Å². The van der Waals surface area contributed by atoms with Gasteiger partial charge in [0.2, 0.25) is 17.5 Å². The molecule has 7 rings (SSSR count). The van der Waals surface area contributed by atoms with Crippen molar-refractivity contribution >= 4 is 68.7 Å². The van der Waals surface area contributed by atoms with Crippen LogP contribution in [-0.4, -0.2) is 74.6 Å². The molecule has 0 fully saturated rings. The third kappa shape index (κ3) is 12.5. The van der Waals surface area contributed by atoms with Crippen molar-refractivity contribution in [2.24, 2.45) is 0 Å². The number of anilines is 2. The molecule has 4 aromatic rings. The highest BCUT2D eigenvalue weighted by atomic mass is 32.2. The zero-order valence-corrected chi connectivity index (χ0v) is 41.9. The van der Waals surface area contributed by atoms with Gasteiger partial charge in [0.1, 0.15) is 11.5 Å². The monoisotopic (exact) mass is 1010 g/mol. The molecule has 3 aliphatic heterocycles. The van der Waals surface area contributed by atoms with Crippen LogP contribution in [0.3, 0.4) is 0 Å². The first kappa shape index (κ1) is 51.8. The first-order valence-electron chi connectivity index (χ1n) is 22.9. The smallest absolute Gasteiger partial charge is 0.357 e. The van der Waals surface area contributed by atoms with Crippen LogP contribution >= 0.6 is 0 Å². The molecule has 18 heteroatoms. The maximum atomic E-state index is 13.6. The molecule has 15 nitrogen and oxygen atoms in total. The predicted octanol–water partition coefficient (Wildman–Crippen LogP) is 8.44. The lowest BCUT2D eigenvalue weighted by Gasteiger charge is -2.27. The molecule has 0 aromatic heterocycles. The Hall–Kier alpha value is -6.04. The molecule has 4 N–H and O–H groups in total. The van der Waals surface area contributed by atoms with E-state index < -0.39 is 44.9 Å². The third-order valence-electron chi connectivity index (χ3n) is 12.6. The van der Waals surface area contributed by atoms with Crippen molar-refractivity contribution in [2.75, 3.05) is 36.0 Å². The highest BCUT2D eigenvalue weighted by Crippen LogP contribution is 2.49. The maximum Gasteiger partial charge on any atom is 0.357 e. The Morgan fingerprint density at radius 2 is 1.43 bits per heavy atom. The normalized spacial score (nSPS) is 17.2. The van der Waals surface area contributed by atoms with Gasteiger partial charge in [-0.2, -0.15) is 17.2 Å². The highest BCUT2D eigenvalue weighted by Gasteiger charge is 2.45. The zero-order chi connectivity index (χ0) is 50.0. The van der Waals surface area contributed by atoms with Crippen LogP contribution in [0.5, 0.6) is 11.5 Å². The quantitative estimate of drug-likeness (QED) is 0.0205. The second-order valence-corrected chi connectivity index (χ2v) is 19.8. The van der Waals surface area contributed by atoms with Crippen molar-refractivity contribution in [2.45, 2.75) is 83.6 Å². The summed E-state index contributed by atoms with van der Waals surface area (Å²) in [5.41, 5.74) is 7.83. The number of benzene rings is 4. The molecule has 368 valence electrons. The van der Waals surface area contributed by atoms with Crippen molar-refractivity contribution in [3.05, 3.63) is 149 Å². The minimum atomic E-state index is -2.49. The second kappa shape index (κ2) is 23.3. The number of nitrogens with one attached hydrogen (secondary N) is 1. The van der Waals surface area contributed by atoms with Gasteiger partial charge >= 0.3 is 34.1 Å². The molecule has 0 aliphatic carbocycles. The molecular weight excluding hydrogens is 953 g/mol. The zero-order valence-electron chi connectivity index (χ0n) is 39.4. The standard InChI is InChI=1S/C52H56N4O11S3/c1-51(2)42-34-40(66-69(61)62)25-27-45(42)54(31-14-6-9-22-49(57)53-30-29-50(58)56-36-39-18-11-10-16-37(39)23-24-38-17-12-13-19-44(38)56)47(51)20-7-5-8-21-48-52(3,4)43-35-41(67-70(63)64)26-28-46(43)55(48)32-15-33-65-68(59)60/h5,7-8,10-13,16-21,25-28,34-35H,6,9,14-15,22,29-33,36H2,1-4H3,(H3-,53,57,59,60,61,62,63,64)/p+1. The number of para-hydroxylation sites is 1. The number of carbonyl (C=O) groups excluding carboxylic acids is 2. The van der Waals surface area contributed by atoms with Crippen LogP contribution in [0.4, 0.5) is 17.1 Å². The van der Waals surface area contributed by atoms with Crippen LogP contribution in [0.15, 0.2) is 121 Å². The van der Waals surface area contributed by atoms with E-state index in [1.54, 1.807) is 29.2 Å². The van der Waals surface area contributed by atoms with Gasteiger partial charge in [0.25, 0.3) is 0 Å². The minimum Gasteiger partial charge on any atom is -0.380 e. The Morgan fingerprint density at radius 1 is 0.743 bits per heavy atom. The van der Waals surface area contributed by atoms with Crippen molar-refractivity contribution in [3.63, 3.8) is 0 Å². The van der Waals surface area contributed by atoms with Gasteiger partial charge in [0.15, 0.2) is 12.3 Å². The van der Waals surface area contributed by atoms with E-state index >= 15 is 0 Å². The molecule has 3 heterocycles. The molecule has 70 heavy (non-hydrogen) atoms. The van der Waals surface area contributed by atoms with Crippen LogP contribution in [-0.2, 0) is 65.2 Å². The minimum absolute atomic E-state index is 0.0620. The number of unbranched alkanes of at least 4 members (excludes halogenated alkanes) is 2. The molecule has 0 saturated carbocycles. The SMILES string of the molecule is CC1(C)C(=CC=CC=CC2=[N+](CCCOS(=O)O)c3ccc(OS(=O)O)cc3C2(C)C)N(CCCCCC(=O)NCCC(=O)N2Cc3ccccc3C#Cc3ccccc32)c2ccc(OS(=O)O)cc21. The second-order valence-electron chi connectivity index (χ2n) is 17.9. The summed E-state index contributed by atoms with van der Waals surface area (Å²) in [6.07, 6.45) is 12.9. The number of rotatable bonds is 21. The lowest BCUT2D eigenvalue weighted by atomic mass is 9.81. The number of amides is 2. The van der Waals surface area contributed by atoms with Crippen molar-refractivity contribution < 1.29 is 53.0 Å². The summed E-state index contributed by atoms with van der Waals surface area (Å²) in [7, 11) is 0. The molecule has 2 amide bonds. The fraction of sp³-hybridized carbons (Fsp3) is 0.327. The number of allylic oxidation sites excluding steroid dienone is 6. The first-order valence-corrected chi connectivity index (χ1v) is 26.0.